The van der Waals surface area contributed by atoms with E-state index in [1.165, 1.54) is 38.5 Å². The van der Waals surface area contributed by atoms with Gasteiger partial charge in [-0.2, -0.15) is 0 Å². The first-order valence-corrected chi connectivity index (χ1v) is 10.4. The van der Waals surface area contributed by atoms with E-state index in [4.69, 9.17) is 9.88 Å². The van der Waals surface area contributed by atoms with Crippen molar-refractivity contribution in [3.63, 3.8) is 0 Å². The van der Waals surface area contributed by atoms with Crippen molar-refractivity contribution in [2.75, 3.05) is 13.2 Å². The lowest BCUT2D eigenvalue weighted by atomic mass is 9.63. The first-order valence-electron chi connectivity index (χ1n) is 8.88. The number of sulfonamides is 1. The van der Waals surface area contributed by atoms with Crippen LogP contribution in [0.1, 0.15) is 57.1 Å². The normalized spacial score (nSPS) is 25.0. The standard InChI is InChI=1S/C18H28N2O3S/c1-14(15-6-8-16(9-7-15)24(19,21)22)20-13-18(10-4-11-18)17-5-2-3-12-23-17/h6-9,14,17,20H,2-5,10-13H2,1H3,(H2,19,21,22). The number of rotatable bonds is 6. The van der Waals surface area contributed by atoms with Crippen molar-refractivity contribution in [1.82, 2.24) is 5.32 Å². The van der Waals surface area contributed by atoms with Gasteiger partial charge < -0.3 is 10.1 Å². The van der Waals surface area contributed by atoms with E-state index in [-0.39, 0.29) is 16.4 Å². The summed E-state index contributed by atoms with van der Waals surface area (Å²) < 4.78 is 28.7. The summed E-state index contributed by atoms with van der Waals surface area (Å²) in [5.41, 5.74) is 1.36. The smallest absolute Gasteiger partial charge is 0.238 e. The van der Waals surface area contributed by atoms with Crippen molar-refractivity contribution in [2.45, 2.75) is 62.5 Å². The van der Waals surface area contributed by atoms with E-state index in [9.17, 15) is 8.42 Å². The minimum absolute atomic E-state index is 0.157. The quantitative estimate of drug-likeness (QED) is 0.825. The first kappa shape index (κ1) is 17.9. The first-order chi connectivity index (χ1) is 11.4. The van der Waals surface area contributed by atoms with Crippen LogP contribution in [0.25, 0.3) is 0 Å². The van der Waals surface area contributed by atoms with Crippen molar-refractivity contribution in [3.05, 3.63) is 29.8 Å². The van der Waals surface area contributed by atoms with Crippen molar-refractivity contribution in [2.24, 2.45) is 10.6 Å². The Morgan fingerprint density at radius 1 is 1.25 bits per heavy atom. The number of ether oxygens (including phenoxy) is 1. The molecule has 1 aromatic carbocycles. The van der Waals surface area contributed by atoms with Crippen LogP contribution < -0.4 is 10.5 Å². The fraction of sp³-hybridized carbons (Fsp3) is 0.667. The van der Waals surface area contributed by atoms with Crippen LogP contribution in [0.3, 0.4) is 0 Å². The van der Waals surface area contributed by atoms with Crippen LogP contribution >= 0.6 is 0 Å². The Labute approximate surface area is 145 Å². The van der Waals surface area contributed by atoms with Gasteiger partial charge in [-0.25, -0.2) is 13.6 Å². The lowest BCUT2D eigenvalue weighted by Gasteiger charge is -2.49. The minimum atomic E-state index is -3.63. The minimum Gasteiger partial charge on any atom is -0.378 e. The van der Waals surface area contributed by atoms with Crippen molar-refractivity contribution in [1.29, 1.82) is 0 Å². The van der Waals surface area contributed by atoms with E-state index in [0.717, 1.165) is 18.7 Å². The van der Waals surface area contributed by atoms with E-state index < -0.39 is 10.0 Å². The maximum absolute atomic E-state index is 11.3. The summed E-state index contributed by atoms with van der Waals surface area (Å²) in [5.74, 6) is 0. The second-order valence-corrected chi connectivity index (χ2v) is 8.85. The lowest BCUT2D eigenvalue weighted by Crippen LogP contribution is -2.51. The molecule has 6 heteroatoms. The van der Waals surface area contributed by atoms with Gasteiger partial charge in [0.2, 0.25) is 10.0 Å². The Morgan fingerprint density at radius 2 is 1.96 bits per heavy atom. The molecule has 134 valence electrons. The van der Waals surface area contributed by atoms with E-state index in [0.29, 0.717) is 6.10 Å². The fourth-order valence-corrected chi connectivity index (χ4v) is 4.40. The van der Waals surface area contributed by atoms with Crippen LogP contribution in [0.5, 0.6) is 0 Å². The van der Waals surface area contributed by atoms with Gasteiger partial charge in [-0.05, 0) is 56.7 Å². The van der Waals surface area contributed by atoms with E-state index >= 15 is 0 Å². The highest BCUT2D eigenvalue weighted by Crippen LogP contribution is 2.47. The highest BCUT2D eigenvalue weighted by atomic mass is 32.2. The summed E-state index contributed by atoms with van der Waals surface area (Å²) in [6.07, 6.45) is 7.80. The highest BCUT2D eigenvalue weighted by molar-refractivity contribution is 7.89. The van der Waals surface area contributed by atoms with Crippen molar-refractivity contribution < 1.29 is 13.2 Å². The van der Waals surface area contributed by atoms with Gasteiger partial charge in [0, 0.05) is 24.6 Å². The van der Waals surface area contributed by atoms with E-state index in [2.05, 4.69) is 12.2 Å². The molecule has 1 aliphatic carbocycles. The predicted octanol–water partition coefficient (Wildman–Crippen LogP) is 2.72. The third kappa shape index (κ3) is 3.82. The molecular formula is C18H28N2O3S. The maximum Gasteiger partial charge on any atom is 0.238 e. The lowest BCUT2D eigenvalue weighted by molar-refractivity contribution is -0.103. The Bertz CT molecular complexity index is 647. The van der Waals surface area contributed by atoms with Gasteiger partial charge in [0.25, 0.3) is 0 Å². The third-order valence-electron chi connectivity index (χ3n) is 5.68. The number of nitrogens with two attached hydrogens (primary N) is 1. The maximum atomic E-state index is 11.3. The van der Waals surface area contributed by atoms with Gasteiger partial charge >= 0.3 is 0 Å². The Kier molecular flexibility index (Phi) is 5.30. The molecule has 0 spiro atoms. The Hall–Kier alpha value is -0.950. The molecule has 0 aromatic heterocycles. The molecule has 0 amide bonds. The summed E-state index contributed by atoms with van der Waals surface area (Å²) in [7, 11) is -3.63. The summed E-state index contributed by atoms with van der Waals surface area (Å²) >= 11 is 0. The van der Waals surface area contributed by atoms with Gasteiger partial charge in [0.05, 0.1) is 11.0 Å². The van der Waals surface area contributed by atoms with Gasteiger partial charge in [-0.1, -0.05) is 18.6 Å². The van der Waals surface area contributed by atoms with Crippen LogP contribution in [0.15, 0.2) is 29.2 Å². The molecule has 3 N–H and O–H groups in total. The molecule has 0 bridgehead atoms. The predicted molar refractivity (Wildman–Crippen MR) is 94.1 cm³/mol. The van der Waals surface area contributed by atoms with Gasteiger partial charge in [-0.3, -0.25) is 0 Å². The monoisotopic (exact) mass is 352 g/mol. The zero-order valence-electron chi connectivity index (χ0n) is 14.3. The largest absolute Gasteiger partial charge is 0.378 e. The average Bonchev–Trinajstić information content (AvgIpc) is 2.54. The molecule has 2 aliphatic rings. The van der Waals surface area contributed by atoms with Crippen LogP contribution in [-0.2, 0) is 14.8 Å². The van der Waals surface area contributed by atoms with Crippen LogP contribution in [0.4, 0.5) is 0 Å². The molecule has 2 unspecified atom stereocenters. The second-order valence-electron chi connectivity index (χ2n) is 7.29. The number of primary sulfonamides is 1. The topological polar surface area (TPSA) is 81.4 Å². The molecule has 1 heterocycles. The number of benzene rings is 1. The fourth-order valence-electron chi connectivity index (χ4n) is 3.89. The molecule has 1 saturated carbocycles. The molecule has 24 heavy (non-hydrogen) atoms. The van der Waals surface area contributed by atoms with Gasteiger partial charge in [-0.15, -0.1) is 0 Å². The molecule has 1 aromatic rings. The molecule has 2 fully saturated rings. The van der Waals surface area contributed by atoms with E-state index in [1.54, 1.807) is 12.1 Å². The zero-order chi connectivity index (χ0) is 17.2. The summed E-state index contributed by atoms with van der Waals surface area (Å²) in [6, 6.07) is 6.99. The molecular weight excluding hydrogens is 324 g/mol. The number of hydrogen-bond acceptors (Lipinski definition) is 4. The van der Waals surface area contributed by atoms with Gasteiger partial charge in [0.1, 0.15) is 0 Å². The van der Waals surface area contributed by atoms with Crippen molar-refractivity contribution >= 4 is 10.0 Å². The van der Waals surface area contributed by atoms with E-state index in [1.807, 2.05) is 12.1 Å². The third-order valence-corrected chi connectivity index (χ3v) is 6.61. The molecule has 0 radical (unpaired) electrons. The Morgan fingerprint density at radius 3 is 2.46 bits per heavy atom. The number of hydrogen-bond donors (Lipinski definition) is 2. The molecule has 1 aliphatic heterocycles. The molecule has 3 rings (SSSR count). The zero-order valence-corrected chi connectivity index (χ0v) is 15.1. The van der Waals surface area contributed by atoms with Crippen LogP contribution in [0.2, 0.25) is 0 Å². The van der Waals surface area contributed by atoms with Gasteiger partial charge in [0.15, 0.2) is 0 Å². The average molecular weight is 352 g/mol. The summed E-state index contributed by atoms with van der Waals surface area (Å²) in [4.78, 5) is 0.157. The SMILES string of the molecule is CC(NCC1(C2CCCCO2)CCC1)c1ccc(S(N)(=O)=O)cc1. The second kappa shape index (κ2) is 7.12. The highest BCUT2D eigenvalue weighted by Gasteiger charge is 2.45. The molecule has 1 saturated heterocycles. The van der Waals surface area contributed by atoms with Crippen molar-refractivity contribution in [3.8, 4) is 0 Å². The molecule has 5 nitrogen and oxygen atoms in total. The van der Waals surface area contributed by atoms with Crippen LogP contribution in [0, 0.1) is 5.41 Å². The Balaban J connectivity index is 1.61. The van der Waals surface area contributed by atoms with Crippen LogP contribution in [-0.4, -0.2) is 27.7 Å². The summed E-state index contributed by atoms with van der Waals surface area (Å²) in [5, 5.41) is 8.79. The summed E-state index contributed by atoms with van der Waals surface area (Å²) in [6.45, 7) is 3.97. The molecule has 2 atom stereocenters. The number of nitrogens with one attached hydrogen (secondary N) is 1.